The summed E-state index contributed by atoms with van der Waals surface area (Å²) >= 11 is 0. The van der Waals surface area contributed by atoms with Crippen molar-refractivity contribution in [3.8, 4) is 0 Å². The molecular formula is C17H22N4O. The first kappa shape index (κ1) is 13.9. The summed E-state index contributed by atoms with van der Waals surface area (Å²) in [5.41, 5.74) is 2.60. The average molecular weight is 298 g/mol. The Hall–Kier alpha value is -1.72. The minimum atomic E-state index is 0.0883. The molecule has 1 N–H and O–H groups in total. The number of ether oxygens (including phenoxy) is 1. The number of nitrogens with one attached hydrogen (secondary N) is 1. The van der Waals surface area contributed by atoms with Crippen molar-refractivity contribution in [2.24, 2.45) is 0 Å². The zero-order valence-corrected chi connectivity index (χ0v) is 12.7. The number of rotatable bonds is 3. The number of pyridine rings is 1. The quantitative estimate of drug-likeness (QED) is 0.945. The van der Waals surface area contributed by atoms with Gasteiger partial charge >= 0.3 is 0 Å². The van der Waals surface area contributed by atoms with E-state index in [9.17, 15) is 0 Å². The molecule has 2 fully saturated rings. The largest absolute Gasteiger partial charge is 0.374 e. The fraction of sp³-hybridized carbons (Fsp3) is 0.529. The second-order valence-corrected chi connectivity index (χ2v) is 6.53. The third-order valence-corrected chi connectivity index (χ3v) is 5.08. The van der Waals surface area contributed by atoms with Crippen LogP contribution in [0.4, 0.5) is 0 Å². The van der Waals surface area contributed by atoms with Crippen LogP contribution in [0.1, 0.15) is 36.4 Å². The highest BCUT2D eigenvalue weighted by Gasteiger charge is 2.43. The third kappa shape index (κ3) is 2.78. The van der Waals surface area contributed by atoms with Crippen LogP contribution in [0, 0.1) is 0 Å². The van der Waals surface area contributed by atoms with Crippen LogP contribution in [0.3, 0.4) is 0 Å². The fourth-order valence-electron chi connectivity index (χ4n) is 3.75. The molecule has 4 heterocycles. The van der Waals surface area contributed by atoms with E-state index < -0.39 is 0 Å². The Morgan fingerprint density at radius 1 is 1.27 bits per heavy atom. The summed E-state index contributed by atoms with van der Waals surface area (Å²) in [6.45, 7) is 3.99. The van der Waals surface area contributed by atoms with Crippen molar-refractivity contribution in [3.63, 3.8) is 0 Å². The van der Waals surface area contributed by atoms with Crippen molar-refractivity contribution in [1.82, 2.24) is 19.9 Å². The third-order valence-electron chi connectivity index (χ3n) is 5.08. The van der Waals surface area contributed by atoms with E-state index in [0.29, 0.717) is 5.92 Å². The first-order valence-corrected chi connectivity index (χ1v) is 8.07. The Bertz CT molecular complexity index is 590. The maximum absolute atomic E-state index is 6.26. The van der Waals surface area contributed by atoms with E-state index in [0.717, 1.165) is 45.5 Å². The summed E-state index contributed by atoms with van der Waals surface area (Å²) in [7, 11) is 0. The van der Waals surface area contributed by atoms with Crippen molar-refractivity contribution in [2.75, 3.05) is 19.7 Å². The molecule has 2 aromatic heterocycles. The molecule has 116 valence electrons. The molecular weight excluding hydrogens is 276 g/mol. The van der Waals surface area contributed by atoms with E-state index in [1.165, 1.54) is 11.3 Å². The summed E-state index contributed by atoms with van der Waals surface area (Å²) < 4.78 is 6.26. The average Bonchev–Trinajstić information content (AvgIpc) is 3.21. The highest BCUT2D eigenvalue weighted by Crippen LogP contribution is 2.42. The molecule has 1 atom stereocenters. The summed E-state index contributed by atoms with van der Waals surface area (Å²) in [5, 5.41) is 0. The van der Waals surface area contributed by atoms with E-state index >= 15 is 0 Å². The van der Waals surface area contributed by atoms with Gasteiger partial charge in [-0.05, 0) is 30.9 Å². The lowest BCUT2D eigenvalue weighted by Crippen LogP contribution is -2.43. The van der Waals surface area contributed by atoms with Crippen molar-refractivity contribution in [1.29, 1.82) is 0 Å². The van der Waals surface area contributed by atoms with Gasteiger partial charge in [-0.25, -0.2) is 4.98 Å². The number of aromatic nitrogens is 3. The second-order valence-electron chi connectivity index (χ2n) is 6.53. The Morgan fingerprint density at radius 3 is 2.91 bits per heavy atom. The van der Waals surface area contributed by atoms with Crippen LogP contribution in [-0.2, 0) is 11.3 Å². The number of nitrogens with zero attached hydrogens (tertiary/aromatic N) is 3. The Kier molecular flexibility index (Phi) is 3.68. The van der Waals surface area contributed by atoms with Crippen molar-refractivity contribution in [3.05, 3.63) is 48.3 Å². The van der Waals surface area contributed by atoms with Crippen LogP contribution >= 0.6 is 0 Å². The predicted octanol–water partition coefficient (Wildman–Crippen LogP) is 2.34. The van der Waals surface area contributed by atoms with Crippen LogP contribution in [0.25, 0.3) is 0 Å². The lowest BCUT2D eigenvalue weighted by molar-refractivity contribution is -0.0450. The van der Waals surface area contributed by atoms with Gasteiger partial charge < -0.3 is 9.72 Å². The first-order chi connectivity index (χ1) is 10.8. The van der Waals surface area contributed by atoms with Gasteiger partial charge in [-0.3, -0.25) is 9.88 Å². The molecule has 1 spiro atoms. The summed E-state index contributed by atoms with van der Waals surface area (Å²) in [6.07, 6.45) is 10.9. The minimum Gasteiger partial charge on any atom is -0.374 e. The van der Waals surface area contributed by atoms with Crippen LogP contribution in [-0.4, -0.2) is 45.1 Å². The molecule has 0 aliphatic carbocycles. The fourth-order valence-corrected chi connectivity index (χ4v) is 3.75. The molecule has 22 heavy (non-hydrogen) atoms. The number of piperidine rings is 1. The molecule has 0 radical (unpaired) electrons. The summed E-state index contributed by atoms with van der Waals surface area (Å²) in [6, 6.07) is 4.20. The van der Waals surface area contributed by atoms with Gasteiger partial charge in [-0.15, -0.1) is 0 Å². The molecule has 2 aliphatic heterocycles. The molecule has 2 saturated heterocycles. The normalized spacial score (nSPS) is 24.8. The molecule has 0 saturated carbocycles. The Morgan fingerprint density at radius 2 is 2.18 bits per heavy atom. The molecule has 4 rings (SSSR count). The van der Waals surface area contributed by atoms with Gasteiger partial charge in [0.1, 0.15) is 0 Å². The second kappa shape index (κ2) is 5.82. The minimum absolute atomic E-state index is 0.0883. The molecule has 0 bridgehead atoms. The summed E-state index contributed by atoms with van der Waals surface area (Å²) in [5.74, 6) is 0.507. The smallest absolute Gasteiger partial charge is 0.0922 e. The molecule has 0 unspecified atom stereocenters. The van der Waals surface area contributed by atoms with Gasteiger partial charge in [0.05, 0.1) is 18.5 Å². The van der Waals surface area contributed by atoms with Gasteiger partial charge in [0.25, 0.3) is 0 Å². The van der Waals surface area contributed by atoms with E-state index in [4.69, 9.17) is 4.74 Å². The number of aromatic amines is 1. The van der Waals surface area contributed by atoms with E-state index in [1.54, 1.807) is 6.33 Å². The van der Waals surface area contributed by atoms with E-state index in [-0.39, 0.29) is 5.60 Å². The molecule has 0 aromatic carbocycles. The van der Waals surface area contributed by atoms with Crippen molar-refractivity contribution >= 4 is 0 Å². The first-order valence-electron chi connectivity index (χ1n) is 8.07. The lowest BCUT2D eigenvalue weighted by atomic mass is 9.83. The maximum Gasteiger partial charge on any atom is 0.0922 e. The molecule has 5 heteroatoms. The van der Waals surface area contributed by atoms with Crippen LogP contribution < -0.4 is 0 Å². The monoisotopic (exact) mass is 298 g/mol. The lowest BCUT2D eigenvalue weighted by Gasteiger charge is -2.38. The van der Waals surface area contributed by atoms with Crippen LogP contribution in [0.15, 0.2) is 37.1 Å². The van der Waals surface area contributed by atoms with Crippen molar-refractivity contribution < 1.29 is 4.74 Å². The van der Waals surface area contributed by atoms with Gasteiger partial charge in [-0.1, -0.05) is 6.07 Å². The number of imidazole rings is 1. The number of hydrogen-bond donors (Lipinski definition) is 1. The Labute approximate surface area is 130 Å². The zero-order chi connectivity index (χ0) is 14.8. The van der Waals surface area contributed by atoms with E-state index in [2.05, 4.69) is 25.9 Å². The van der Waals surface area contributed by atoms with Crippen molar-refractivity contribution in [2.45, 2.75) is 37.3 Å². The van der Waals surface area contributed by atoms with Crippen LogP contribution in [0.2, 0.25) is 0 Å². The highest BCUT2D eigenvalue weighted by atomic mass is 16.5. The standard InChI is InChI=1S/C17H22N4O/c1-2-14(9-18-5-1)15-8-17(22-12-15)3-6-21(7-4-17)11-16-10-19-13-20-16/h1-2,5,9-10,13,15H,3-4,6-8,11-12H2,(H,19,20)/t15-/m1/s1. The van der Waals surface area contributed by atoms with Gasteiger partial charge in [0.2, 0.25) is 0 Å². The molecule has 5 nitrogen and oxygen atoms in total. The van der Waals surface area contributed by atoms with E-state index in [1.807, 2.05) is 24.7 Å². The maximum atomic E-state index is 6.26. The van der Waals surface area contributed by atoms with Gasteiger partial charge in [0.15, 0.2) is 0 Å². The molecule has 2 aliphatic rings. The topological polar surface area (TPSA) is 54.0 Å². The van der Waals surface area contributed by atoms with Crippen LogP contribution in [0.5, 0.6) is 0 Å². The highest BCUT2D eigenvalue weighted by molar-refractivity contribution is 5.18. The number of hydrogen-bond acceptors (Lipinski definition) is 4. The van der Waals surface area contributed by atoms with Gasteiger partial charge in [-0.2, -0.15) is 0 Å². The number of H-pyrrole nitrogens is 1. The summed E-state index contributed by atoms with van der Waals surface area (Å²) in [4.78, 5) is 14.0. The van der Waals surface area contributed by atoms with Gasteiger partial charge in [0, 0.05) is 49.8 Å². The predicted molar refractivity (Wildman–Crippen MR) is 83.4 cm³/mol. The molecule has 2 aromatic rings. The molecule has 0 amide bonds. The SMILES string of the molecule is c1cncc([C@H]2COC3(CCN(Cc4cnc[nH]4)CC3)C2)c1. The zero-order valence-electron chi connectivity index (χ0n) is 12.7. The number of likely N-dealkylation sites (tertiary alicyclic amines) is 1. The Balaban J connectivity index is 1.35.